The quantitative estimate of drug-likeness (QED) is 0.651. The molecule has 0 N–H and O–H groups in total. The summed E-state index contributed by atoms with van der Waals surface area (Å²) in [6.45, 7) is 4.41. The fourth-order valence-corrected chi connectivity index (χ4v) is 1.25. The van der Waals surface area contributed by atoms with Gasteiger partial charge in [0.2, 0.25) is 0 Å². The molecule has 0 saturated heterocycles. The van der Waals surface area contributed by atoms with Crippen molar-refractivity contribution in [3.8, 4) is 0 Å². The Kier molecular flexibility index (Phi) is 8.76. The van der Waals surface area contributed by atoms with E-state index in [1.807, 2.05) is 0 Å². The SMILES string of the molecule is CCc1ccccc1CC.II. The topological polar surface area (TPSA) is 0 Å². The Morgan fingerprint density at radius 2 is 1.25 bits per heavy atom. The first kappa shape index (κ1) is 12.7. The third-order valence-electron chi connectivity index (χ3n) is 1.88. The van der Waals surface area contributed by atoms with Gasteiger partial charge in [-0.2, -0.15) is 0 Å². The minimum absolute atomic E-state index is 1.16. The van der Waals surface area contributed by atoms with Crippen molar-refractivity contribution >= 4 is 37.2 Å². The molecule has 0 saturated carbocycles. The molecule has 0 radical (unpaired) electrons. The van der Waals surface area contributed by atoms with Crippen molar-refractivity contribution in [2.24, 2.45) is 0 Å². The third-order valence-corrected chi connectivity index (χ3v) is 1.88. The molecule has 0 heterocycles. The molecule has 2 heteroatoms. The summed E-state index contributed by atoms with van der Waals surface area (Å²) in [7, 11) is 0. The van der Waals surface area contributed by atoms with E-state index in [2.05, 4.69) is 75.3 Å². The lowest BCUT2D eigenvalue weighted by Gasteiger charge is -2.02. The zero-order valence-electron chi connectivity index (χ0n) is 7.48. The Hall–Kier alpha value is 0.680. The van der Waals surface area contributed by atoms with Gasteiger partial charge in [-0.25, -0.2) is 0 Å². The zero-order chi connectivity index (χ0) is 9.40. The van der Waals surface area contributed by atoms with Crippen LogP contribution in [0.25, 0.3) is 0 Å². The van der Waals surface area contributed by atoms with Crippen LogP contribution in [0.2, 0.25) is 0 Å². The predicted octanol–water partition coefficient (Wildman–Crippen LogP) is 4.58. The van der Waals surface area contributed by atoms with Crippen molar-refractivity contribution in [2.75, 3.05) is 0 Å². The summed E-state index contributed by atoms with van der Waals surface area (Å²) in [5.74, 6) is 0. The Morgan fingerprint density at radius 1 is 0.917 bits per heavy atom. The van der Waals surface area contributed by atoms with E-state index in [-0.39, 0.29) is 0 Å². The van der Waals surface area contributed by atoms with Gasteiger partial charge in [-0.15, -0.1) is 0 Å². The molecule has 0 nitrogen and oxygen atoms in total. The number of rotatable bonds is 2. The lowest BCUT2D eigenvalue weighted by Crippen LogP contribution is -1.88. The maximum atomic E-state index is 2.21. The summed E-state index contributed by atoms with van der Waals surface area (Å²) in [4.78, 5) is 0. The fourth-order valence-electron chi connectivity index (χ4n) is 1.25. The molecule has 0 fully saturated rings. The molecular weight excluding hydrogens is 374 g/mol. The van der Waals surface area contributed by atoms with Crippen molar-refractivity contribution in [1.82, 2.24) is 0 Å². The standard InChI is InChI=1S/C10H14.I2/c1-3-9-7-5-6-8-10(9)4-2;1-2/h5-8H,3-4H2,1-2H3;. The molecule has 1 aromatic rings. The third kappa shape index (κ3) is 4.07. The van der Waals surface area contributed by atoms with Crippen molar-refractivity contribution in [3.63, 3.8) is 0 Å². The average Bonchev–Trinajstić information content (AvgIpc) is 2.20. The predicted molar refractivity (Wildman–Crippen MR) is 73.2 cm³/mol. The van der Waals surface area contributed by atoms with Gasteiger partial charge in [0.05, 0.1) is 0 Å². The zero-order valence-corrected chi connectivity index (χ0v) is 11.8. The van der Waals surface area contributed by atoms with E-state index in [1.54, 1.807) is 0 Å². The Labute approximate surface area is 98.5 Å². The van der Waals surface area contributed by atoms with Crippen molar-refractivity contribution in [2.45, 2.75) is 26.7 Å². The monoisotopic (exact) mass is 388 g/mol. The normalized spacial score (nSPS) is 8.67. The number of hydrogen-bond acceptors (Lipinski definition) is 0. The van der Waals surface area contributed by atoms with Gasteiger partial charge < -0.3 is 0 Å². The van der Waals surface area contributed by atoms with Gasteiger partial charge in [0, 0.05) is 37.2 Å². The number of hydrogen-bond donors (Lipinski definition) is 0. The van der Waals surface area contributed by atoms with Gasteiger partial charge >= 0.3 is 0 Å². The Balaban J connectivity index is 0.000000561. The summed E-state index contributed by atoms with van der Waals surface area (Å²) in [6, 6.07) is 8.63. The molecule has 0 amide bonds. The van der Waals surface area contributed by atoms with Crippen LogP contribution in [-0.2, 0) is 12.8 Å². The summed E-state index contributed by atoms with van der Waals surface area (Å²) >= 11 is 4.24. The largest absolute Gasteiger partial charge is 0.0620 e. The highest BCUT2D eigenvalue weighted by molar-refractivity contribution is 15.0. The highest BCUT2D eigenvalue weighted by Crippen LogP contribution is 2.08. The van der Waals surface area contributed by atoms with Crippen molar-refractivity contribution < 1.29 is 0 Å². The van der Waals surface area contributed by atoms with Gasteiger partial charge in [-0.05, 0) is 24.0 Å². The van der Waals surface area contributed by atoms with Crippen LogP contribution in [0.15, 0.2) is 24.3 Å². The van der Waals surface area contributed by atoms with Gasteiger partial charge in [0.15, 0.2) is 0 Å². The van der Waals surface area contributed by atoms with Gasteiger partial charge in [0.25, 0.3) is 0 Å². The van der Waals surface area contributed by atoms with Crippen LogP contribution in [0, 0.1) is 0 Å². The van der Waals surface area contributed by atoms with Gasteiger partial charge in [0.1, 0.15) is 0 Å². The number of aryl methyl sites for hydroxylation is 2. The summed E-state index contributed by atoms with van der Waals surface area (Å²) in [5, 5.41) is 0. The lowest BCUT2D eigenvalue weighted by atomic mass is 10.0. The smallest absolute Gasteiger partial charge is 0 e. The first-order valence-corrected chi connectivity index (χ1v) is 10.4. The average molecular weight is 388 g/mol. The molecule has 0 spiro atoms. The van der Waals surface area contributed by atoms with Crippen LogP contribution in [0.4, 0.5) is 0 Å². The minimum atomic E-state index is 1.16. The van der Waals surface area contributed by atoms with E-state index in [1.165, 1.54) is 11.1 Å². The lowest BCUT2D eigenvalue weighted by molar-refractivity contribution is 1.04. The van der Waals surface area contributed by atoms with Crippen LogP contribution >= 0.6 is 37.2 Å². The Bertz CT molecular complexity index is 186. The molecule has 0 unspecified atom stereocenters. The number of halogens is 2. The van der Waals surface area contributed by atoms with Crippen molar-refractivity contribution in [3.05, 3.63) is 35.4 Å². The molecule has 68 valence electrons. The minimum Gasteiger partial charge on any atom is -0.0620 e. The molecule has 0 bridgehead atoms. The molecule has 1 aromatic carbocycles. The van der Waals surface area contributed by atoms with E-state index >= 15 is 0 Å². The van der Waals surface area contributed by atoms with Crippen LogP contribution in [0.1, 0.15) is 25.0 Å². The summed E-state index contributed by atoms with van der Waals surface area (Å²) in [6.07, 6.45) is 2.31. The summed E-state index contributed by atoms with van der Waals surface area (Å²) in [5.41, 5.74) is 2.98. The van der Waals surface area contributed by atoms with E-state index in [0.717, 1.165) is 12.8 Å². The van der Waals surface area contributed by atoms with Gasteiger partial charge in [-0.1, -0.05) is 38.1 Å². The highest BCUT2D eigenvalue weighted by Gasteiger charge is 1.93. The fraction of sp³-hybridized carbons (Fsp3) is 0.400. The molecule has 0 aliphatic rings. The second kappa shape index (κ2) is 8.29. The second-order valence-corrected chi connectivity index (χ2v) is 2.48. The molecule has 0 atom stereocenters. The second-order valence-electron chi connectivity index (χ2n) is 2.48. The van der Waals surface area contributed by atoms with Crippen LogP contribution in [-0.4, -0.2) is 0 Å². The highest BCUT2D eigenvalue weighted by atomic mass is 128. The summed E-state index contributed by atoms with van der Waals surface area (Å²) < 4.78 is 0. The molecule has 0 aliphatic heterocycles. The van der Waals surface area contributed by atoms with Crippen LogP contribution in [0.5, 0.6) is 0 Å². The Morgan fingerprint density at radius 3 is 1.50 bits per heavy atom. The number of benzene rings is 1. The molecule has 12 heavy (non-hydrogen) atoms. The van der Waals surface area contributed by atoms with Gasteiger partial charge in [-0.3, -0.25) is 0 Å². The van der Waals surface area contributed by atoms with E-state index < -0.39 is 0 Å². The van der Waals surface area contributed by atoms with E-state index in [9.17, 15) is 0 Å². The molecular formula is C10H14I2. The van der Waals surface area contributed by atoms with Crippen molar-refractivity contribution in [1.29, 1.82) is 0 Å². The van der Waals surface area contributed by atoms with Crippen LogP contribution < -0.4 is 0 Å². The maximum absolute atomic E-state index is 2.21. The van der Waals surface area contributed by atoms with Crippen LogP contribution in [0.3, 0.4) is 0 Å². The first-order valence-electron chi connectivity index (χ1n) is 4.09. The maximum Gasteiger partial charge on any atom is 0 e. The van der Waals surface area contributed by atoms with E-state index in [0.29, 0.717) is 0 Å². The molecule has 1 rings (SSSR count). The molecule has 0 aliphatic carbocycles. The molecule has 0 aromatic heterocycles. The van der Waals surface area contributed by atoms with E-state index in [4.69, 9.17) is 0 Å². The first-order chi connectivity index (χ1) is 5.88.